The molecule has 4 N–H and O–H groups in total. The third kappa shape index (κ3) is 12.8. The average Bonchev–Trinajstić information content (AvgIpc) is 3.93. The summed E-state index contributed by atoms with van der Waals surface area (Å²) in [5.74, 6) is 0.125. The Balaban J connectivity index is 0.000000187. The van der Waals surface area contributed by atoms with Gasteiger partial charge in [0.25, 0.3) is 0 Å². The number of carboxylic acid groups (broad SMARTS) is 1. The first-order chi connectivity index (χ1) is 28.2. The second-order valence-corrected chi connectivity index (χ2v) is 18.0. The van der Waals surface area contributed by atoms with E-state index in [9.17, 15) is 19.2 Å². The normalized spacial score (nSPS) is 17.6. The van der Waals surface area contributed by atoms with E-state index in [0.29, 0.717) is 36.6 Å². The molecule has 0 atom stereocenters. The molecule has 0 bridgehead atoms. The lowest BCUT2D eigenvalue weighted by atomic mass is 9.82. The number of rotatable bonds is 8. The van der Waals surface area contributed by atoms with Gasteiger partial charge in [0.2, 0.25) is 17.7 Å². The van der Waals surface area contributed by atoms with Crippen LogP contribution in [0.15, 0.2) is 83.1 Å². The van der Waals surface area contributed by atoms with Crippen molar-refractivity contribution in [2.24, 2.45) is 10.8 Å². The van der Waals surface area contributed by atoms with Gasteiger partial charge in [0.1, 0.15) is 11.6 Å². The van der Waals surface area contributed by atoms with E-state index in [2.05, 4.69) is 48.0 Å². The summed E-state index contributed by atoms with van der Waals surface area (Å²) in [5, 5.41) is 23.9. The van der Waals surface area contributed by atoms with Crippen molar-refractivity contribution in [3.63, 3.8) is 0 Å². The van der Waals surface area contributed by atoms with Crippen LogP contribution >= 0.6 is 35.1 Å². The quantitative estimate of drug-likeness (QED) is 0.105. The predicted molar refractivity (Wildman–Crippen MR) is 240 cm³/mol. The van der Waals surface area contributed by atoms with E-state index in [4.69, 9.17) is 5.11 Å². The zero-order valence-corrected chi connectivity index (χ0v) is 36.6. The second-order valence-electron chi connectivity index (χ2n) is 16.0. The maximum atomic E-state index is 12.6. The molecule has 13 nitrogen and oxygen atoms in total. The minimum Gasteiger partial charge on any atom is -0.478 e. The molecular formula is C44H51ClN8O5S2. The minimum absolute atomic E-state index is 0. The Bertz CT molecular complexity index is 2280. The number of carbonyl (C=O) groups excluding carboxylic acids is 3. The lowest BCUT2D eigenvalue weighted by molar-refractivity contribution is -0.131. The molecule has 4 aromatic rings. The number of aromatic nitrogens is 4. The molecule has 4 aliphatic rings. The standard InChI is InChI=1S/C22H24N4O2S.C13H14N2O3.C9H12N2S.ClH/c1-22(2)13-17-11-16(14-24-20(17)25-21(22)28)3-4-19(27)26-8-5-15(6-9-26)12-18-23-7-10-29-18;1-13(2)6-9-5-8(3-4-10(16)17)7-14-11(9)15-12(13)18;1-3-10-4-2-8(1)7-9-11-5-6-12-9;/h3-5,7,10-11,14H,6,8-9,12-13H2,1-2H3,(H,24,25,28);3-5,7H,6H2,1-2H3,(H,16,17)(H,14,15,18);1,5-6,10H,2-4,7H2;1H/b2*4-3+;;. The molecule has 60 heavy (non-hydrogen) atoms. The van der Waals surface area contributed by atoms with Gasteiger partial charge in [-0.2, -0.15) is 0 Å². The molecule has 4 aliphatic heterocycles. The summed E-state index contributed by atoms with van der Waals surface area (Å²) in [6, 6.07) is 3.85. The first-order valence-electron chi connectivity index (χ1n) is 19.6. The first kappa shape index (κ1) is 45.7. The van der Waals surface area contributed by atoms with E-state index in [0.717, 1.165) is 66.7 Å². The Kier molecular flexibility index (Phi) is 15.8. The Labute approximate surface area is 364 Å². The fourth-order valence-corrected chi connectivity index (χ4v) is 8.15. The van der Waals surface area contributed by atoms with Gasteiger partial charge < -0.3 is 26.0 Å². The van der Waals surface area contributed by atoms with E-state index in [1.807, 2.05) is 67.9 Å². The van der Waals surface area contributed by atoms with Gasteiger partial charge in [0.15, 0.2) is 0 Å². The van der Waals surface area contributed by atoms with Crippen LogP contribution in [0.4, 0.5) is 11.6 Å². The van der Waals surface area contributed by atoms with Crippen LogP contribution in [-0.4, -0.2) is 79.8 Å². The van der Waals surface area contributed by atoms with Crippen LogP contribution in [-0.2, 0) is 44.9 Å². The van der Waals surface area contributed by atoms with Crippen LogP contribution in [0.1, 0.15) is 72.8 Å². The number of nitrogens with zero attached hydrogens (tertiary/aromatic N) is 5. The second kappa shape index (κ2) is 20.8. The summed E-state index contributed by atoms with van der Waals surface area (Å²) in [7, 11) is 0. The minimum atomic E-state index is -0.999. The van der Waals surface area contributed by atoms with Gasteiger partial charge in [0, 0.05) is 91.0 Å². The molecular weight excluding hydrogens is 820 g/mol. The number of aliphatic carboxylic acids is 1. The van der Waals surface area contributed by atoms with Gasteiger partial charge in [-0.3, -0.25) is 14.4 Å². The molecule has 0 saturated carbocycles. The van der Waals surface area contributed by atoms with Crippen molar-refractivity contribution in [2.45, 2.75) is 66.2 Å². The molecule has 8 rings (SSSR count). The highest BCUT2D eigenvalue weighted by Crippen LogP contribution is 2.33. The van der Waals surface area contributed by atoms with Crippen LogP contribution in [0, 0.1) is 10.8 Å². The molecule has 316 valence electrons. The Morgan fingerprint density at radius 2 is 1.32 bits per heavy atom. The maximum Gasteiger partial charge on any atom is 0.328 e. The van der Waals surface area contributed by atoms with Gasteiger partial charge in [-0.15, -0.1) is 35.1 Å². The fraction of sp³-hybridized carbons (Fsp3) is 0.364. The molecule has 0 spiro atoms. The summed E-state index contributed by atoms with van der Waals surface area (Å²) in [5.41, 5.74) is 5.45. The summed E-state index contributed by atoms with van der Waals surface area (Å²) in [6.45, 7) is 11.1. The zero-order chi connectivity index (χ0) is 42.0. The molecule has 0 unspecified atom stereocenters. The first-order valence-corrected chi connectivity index (χ1v) is 21.3. The van der Waals surface area contributed by atoms with Gasteiger partial charge >= 0.3 is 5.97 Å². The molecule has 0 aromatic carbocycles. The summed E-state index contributed by atoms with van der Waals surface area (Å²) in [6.07, 6.45) is 22.5. The van der Waals surface area contributed by atoms with Gasteiger partial charge in [-0.05, 0) is 78.8 Å². The topological polar surface area (TPSA) is 179 Å². The zero-order valence-electron chi connectivity index (χ0n) is 34.2. The number of hydrogen-bond donors (Lipinski definition) is 4. The maximum absolute atomic E-state index is 12.6. The van der Waals surface area contributed by atoms with Crippen LogP contribution in [0.3, 0.4) is 0 Å². The largest absolute Gasteiger partial charge is 0.478 e. The van der Waals surface area contributed by atoms with Crippen molar-refractivity contribution in [1.82, 2.24) is 30.2 Å². The lowest BCUT2D eigenvalue weighted by Crippen LogP contribution is -2.37. The van der Waals surface area contributed by atoms with E-state index < -0.39 is 16.8 Å². The molecule has 0 radical (unpaired) electrons. The van der Waals surface area contributed by atoms with Crippen molar-refractivity contribution < 1.29 is 24.3 Å². The number of amides is 3. The van der Waals surface area contributed by atoms with Crippen LogP contribution in [0.5, 0.6) is 0 Å². The van der Waals surface area contributed by atoms with Crippen LogP contribution in [0.25, 0.3) is 12.2 Å². The molecule has 0 aliphatic carbocycles. The summed E-state index contributed by atoms with van der Waals surface area (Å²) < 4.78 is 0. The number of carbonyl (C=O) groups is 4. The number of anilines is 2. The number of nitrogens with one attached hydrogen (secondary N) is 3. The van der Waals surface area contributed by atoms with Crippen molar-refractivity contribution in [3.05, 3.63) is 115 Å². The lowest BCUT2D eigenvalue weighted by Gasteiger charge is -2.29. The highest BCUT2D eigenvalue weighted by molar-refractivity contribution is 7.09. The number of carboxylic acids is 1. The number of halogens is 1. The van der Waals surface area contributed by atoms with Crippen molar-refractivity contribution in [2.75, 3.05) is 36.8 Å². The average molecular weight is 872 g/mol. The number of pyridine rings is 2. The molecule has 8 heterocycles. The van der Waals surface area contributed by atoms with Crippen molar-refractivity contribution in [3.8, 4) is 0 Å². The Morgan fingerprint density at radius 3 is 1.77 bits per heavy atom. The van der Waals surface area contributed by atoms with Crippen molar-refractivity contribution >= 4 is 82.6 Å². The molecule has 0 fully saturated rings. The van der Waals surface area contributed by atoms with Gasteiger partial charge in [-0.1, -0.05) is 51.0 Å². The van der Waals surface area contributed by atoms with Crippen LogP contribution < -0.4 is 16.0 Å². The fourth-order valence-electron chi connectivity index (χ4n) is 6.81. The third-order valence-corrected chi connectivity index (χ3v) is 11.8. The van der Waals surface area contributed by atoms with Gasteiger partial charge in [0.05, 0.1) is 10.0 Å². The molecule has 16 heteroatoms. The van der Waals surface area contributed by atoms with E-state index >= 15 is 0 Å². The monoisotopic (exact) mass is 870 g/mol. The highest BCUT2D eigenvalue weighted by Gasteiger charge is 2.35. The molecule has 3 amide bonds. The van der Waals surface area contributed by atoms with E-state index in [1.165, 1.54) is 34.8 Å². The molecule has 0 saturated heterocycles. The Hall–Kier alpha value is -5.35. The predicted octanol–water partition coefficient (Wildman–Crippen LogP) is 7.20. The van der Waals surface area contributed by atoms with E-state index in [1.54, 1.807) is 41.0 Å². The van der Waals surface area contributed by atoms with Crippen LogP contribution in [0.2, 0.25) is 0 Å². The van der Waals surface area contributed by atoms with E-state index in [-0.39, 0.29) is 30.1 Å². The SMILES string of the molecule is C1=C(Cc2nccs2)CCNC1.CC1(C)Cc2cc(/C=C/C(=O)N3CC=C(Cc4nccs4)CC3)cnc2NC1=O.CC1(C)Cc2cc(/C=C/C(=O)O)cnc2NC1=O.Cl. The van der Waals surface area contributed by atoms with Crippen molar-refractivity contribution in [1.29, 1.82) is 0 Å². The summed E-state index contributed by atoms with van der Waals surface area (Å²) >= 11 is 3.41. The highest BCUT2D eigenvalue weighted by atomic mass is 35.5. The third-order valence-electron chi connectivity index (χ3n) is 10.3. The molecule has 4 aromatic heterocycles. The smallest absolute Gasteiger partial charge is 0.328 e. The number of fused-ring (bicyclic) bond motifs is 2. The Morgan fingerprint density at radius 1 is 0.783 bits per heavy atom. The van der Waals surface area contributed by atoms with Gasteiger partial charge in [-0.25, -0.2) is 24.7 Å². The number of hydrogen-bond acceptors (Lipinski definition) is 11. The number of thiazole rings is 2. The summed E-state index contributed by atoms with van der Waals surface area (Å²) in [4.78, 5) is 65.7.